The Morgan fingerprint density at radius 3 is 2.56 bits per heavy atom. The minimum Gasteiger partial charge on any atom is -0.351 e. The number of alkyl halides is 3. The lowest BCUT2D eigenvalue weighted by Gasteiger charge is -2.33. The zero-order valence-corrected chi connectivity index (χ0v) is 15.8. The van der Waals surface area contributed by atoms with Crippen LogP contribution in [0.15, 0.2) is 24.3 Å². The number of likely N-dealkylation sites (tertiary alicyclic amines) is 1. The number of hydrogen-bond acceptors (Lipinski definition) is 3. The lowest BCUT2D eigenvalue weighted by atomic mass is 9.95. The van der Waals surface area contributed by atoms with Gasteiger partial charge in [-0.05, 0) is 58.4 Å². The van der Waals surface area contributed by atoms with E-state index in [1.165, 1.54) is 12.1 Å². The van der Waals surface area contributed by atoms with Crippen LogP contribution in [0.25, 0.3) is 0 Å². The summed E-state index contributed by atoms with van der Waals surface area (Å²) in [7, 11) is 0. The maximum absolute atomic E-state index is 12.8. The second-order valence-electron chi connectivity index (χ2n) is 7.94. The Balaban J connectivity index is 1.91. The Hall–Kier alpha value is -2.09. The van der Waals surface area contributed by atoms with Crippen molar-refractivity contribution < 1.29 is 22.8 Å². The molecule has 0 bridgehead atoms. The van der Waals surface area contributed by atoms with Gasteiger partial charge in [0.05, 0.1) is 18.0 Å². The number of nitrogens with zero attached hydrogens (tertiary/aromatic N) is 1. The van der Waals surface area contributed by atoms with E-state index in [4.69, 9.17) is 0 Å². The van der Waals surface area contributed by atoms with Crippen LogP contribution in [0.4, 0.5) is 18.9 Å². The smallest absolute Gasteiger partial charge is 0.351 e. The van der Waals surface area contributed by atoms with E-state index in [9.17, 15) is 22.8 Å². The molecule has 1 heterocycles. The molecule has 8 heteroatoms. The Morgan fingerprint density at radius 2 is 1.93 bits per heavy atom. The molecule has 1 aliphatic heterocycles. The third-order valence-electron chi connectivity index (χ3n) is 4.22. The molecule has 1 atom stereocenters. The first-order valence-corrected chi connectivity index (χ1v) is 8.95. The number of carbonyl (C=O) groups is 2. The third kappa shape index (κ3) is 6.86. The van der Waals surface area contributed by atoms with E-state index in [1.807, 2.05) is 25.7 Å². The highest BCUT2D eigenvalue weighted by molar-refractivity contribution is 5.92. The molecule has 1 aliphatic rings. The first-order valence-electron chi connectivity index (χ1n) is 8.95. The van der Waals surface area contributed by atoms with Crippen molar-refractivity contribution in [2.45, 2.75) is 45.3 Å². The number of carbonyl (C=O) groups excluding carboxylic acids is 2. The quantitative estimate of drug-likeness (QED) is 0.836. The summed E-state index contributed by atoms with van der Waals surface area (Å²) < 4.78 is 38.3. The van der Waals surface area contributed by atoms with Crippen LogP contribution in [0.5, 0.6) is 0 Å². The summed E-state index contributed by atoms with van der Waals surface area (Å²) in [4.78, 5) is 26.4. The van der Waals surface area contributed by atoms with E-state index in [0.717, 1.165) is 25.0 Å². The molecule has 0 radical (unpaired) electrons. The van der Waals surface area contributed by atoms with Crippen molar-refractivity contribution >= 4 is 17.5 Å². The molecule has 1 fully saturated rings. The maximum Gasteiger partial charge on any atom is 0.416 e. The molecule has 2 N–H and O–H groups in total. The third-order valence-corrected chi connectivity index (χ3v) is 4.22. The highest BCUT2D eigenvalue weighted by Gasteiger charge is 2.31. The maximum atomic E-state index is 12.8. The first-order chi connectivity index (χ1) is 12.4. The van der Waals surface area contributed by atoms with Gasteiger partial charge in [0.15, 0.2) is 0 Å². The van der Waals surface area contributed by atoms with Crippen LogP contribution in [-0.2, 0) is 15.8 Å². The molecular weight excluding hydrogens is 359 g/mol. The molecule has 1 aromatic rings. The van der Waals surface area contributed by atoms with Gasteiger partial charge in [0.25, 0.3) is 0 Å². The van der Waals surface area contributed by atoms with Crippen LogP contribution in [0, 0.1) is 5.92 Å². The highest BCUT2D eigenvalue weighted by atomic mass is 19.4. The molecule has 27 heavy (non-hydrogen) atoms. The molecular formula is C19H26F3N3O2. The largest absolute Gasteiger partial charge is 0.416 e. The van der Waals surface area contributed by atoms with E-state index in [-0.39, 0.29) is 29.6 Å². The summed E-state index contributed by atoms with van der Waals surface area (Å²) in [6.45, 7) is 6.90. The van der Waals surface area contributed by atoms with E-state index >= 15 is 0 Å². The Morgan fingerprint density at radius 1 is 1.22 bits per heavy atom. The van der Waals surface area contributed by atoms with Crippen molar-refractivity contribution in [2.24, 2.45) is 5.92 Å². The molecule has 5 nitrogen and oxygen atoms in total. The summed E-state index contributed by atoms with van der Waals surface area (Å²) in [5.74, 6) is -0.629. The molecule has 0 spiro atoms. The number of piperidine rings is 1. The number of rotatable bonds is 4. The van der Waals surface area contributed by atoms with Crippen molar-refractivity contribution in [3.63, 3.8) is 0 Å². The Labute approximate surface area is 157 Å². The monoisotopic (exact) mass is 385 g/mol. The van der Waals surface area contributed by atoms with E-state index in [2.05, 4.69) is 10.6 Å². The molecule has 150 valence electrons. The van der Waals surface area contributed by atoms with Gasteiger partial charge < -0.3 is 10.6 Å². The van der Waals surface area contributed by atoms with Crippen molar-refractivity contribution in [1.29, 1.82) is 0 Å². The van der Waals surface area contributed by atoms with Crippen molar-refractivity contribution in [2.75, 3.05) is 25.0 Å². The van der Waals surface area contributed by atoms with Crippen LogP contribution in [0.2, 0.25) is 0 Å². The second-order valence-corrected chi connectivity index (χ2v) is 7.94. The summed E-state index contributed by atoms with van der Waals surface area (Å²) in [6.07, 6.45) is -2.91. The second kappa shape index (κ2) is 8.29. The predicted molar refractivity (Wildman–Crippen MR) is 97.1 cm³/mol. The summed E-state index contributed by atoms with van der Waals surface area (Å²) in [6, 6.07) is 4.54. The van der Waals surface area contributed by atoms with Crippen molar-refractivity contribution in [1.82, 2.24) is 10.2 Å². The van der Waals surface area contributed by atoms with Gasteiger partial charge in [0.2, 0.25) is 11.8 Å². The minimum atomic E-state index is -4.46. The average Bonchev–Trinajstić information content (AvgIpc) is 2.53. The van der Waals surface area contributed by atoms with Crippen LogP contribution in [-0.4, -0.2) is 41.9 Å². The molecule has 0 saturated carbocycles. The summed E-state index contributed by atoms with van der Waals surface area (Å²) in [5, 5.41) is 5.45. The lowest BCUT2D eigenvalue weighted by Crippen LogP contribution is -2.49. The fraction of sp³-hybridized carbons (Fsp3) is 0.579. The first kappa shape index (κ1) is 21.2. The molecule has 0 aromatic heterocycles. The molecule has 0 aliphatic carbocycles. The molecule has 1 unspecified atom stereocenters. The van der Waals surface area contributed by atoms with Crippen LogP contribution < -0.4 is 10.6 Å². The van der Waals surface area contributed by atoms with E-state index in [0.29, 0.717) is 13.1 Å². The van der Waals surface area contributed by atoms with Gasteiger partial charge in [-0.25, -0.2) is 0 Å². The van der Waals surface area contributed by atoms with Crippen molar-refractivity contribution in [3.8, 4) is 0 Å². The van der Waals surface area contributed by atoms with Crippen LogP contribution in [0.1, 0.15) is 39.2 Å². The lowest BCUT2D eigenvalue weighted by molar-refractivity contribution is -0.137. The Bertz CT molecular complexity index is 684. The minimum absolute atomic E-state index is 0.0366. The highest BCUT2D eigenvalue weighted by Crippen LogP contribution is 2.30. The van der Waals surface area contributed by atoms with Gasteiger partial charge in [0.1, 0.15) is 0 Å². The zero-order valence-electron chi connectivity index (χ0n) is 15.8. The van der Waals surface area contributed by atoms with Gasteiger partial charge in [-0.15, -0.1) is 0 Å². The summed E-state index contributed by atoms with van der Waals surface area (Å²) >= 11 is 0. The SMILES string of the molecule is CC(C)(C)NC(=O)C1CCCN(CC(=O)Nc2cccc(C(F)(F)F)c2)C1. The van der Waals surface area contributed by atoms with Gasteiger partial charge in [-0.1, -0.05) is 6.07 Å². The normalized spacial score (nSPS) is 18.8. The predicted octanol–water partition coefficient (Wildman–Crippen LogP) is 3.27. The molecule has 2 rings (SSSR count). The Kier molecular flexibility index (Phi) is 6.51. The van der Waals surface area contributed by atoms with E-state index in [1.54, 1.807) is 0 Å². The molecule has 2 amide bonds. The molecule has 1 saturated heterocycles. The zero-order chi connectivity index (χ0) is 20.2. The van der Waals surface area contributed by atoms with Crippen molar-refractivity contribution in [3.05, 3.63) is 29.8 Å². The number of nitrogens with one attached hydrogen (secondary N) is 2. The number of amides is 2. The fourth-order valence-corrected chi connectivity index (χ4v) is 3.06. The van der Waals surface area contributed by atoms with E-state index < -0.39 is 17.6 Å². The van der Waals surface area contributed by atoms with Gasteiger partial charge >= 0.3 is 6.18 Å². The van der Waals surface area contributed by atoms with Crippen LogP contribution >= 0.6 is 0 Å². The number of hydrogen-bond donors (Lipinski definition) is 2. The number of benzene rings is 1. The van der Waals surface area contributed by atoms with Gasteiger partial charge in [0, 0.05) is 17.8 Å². The number of anilines is 1. The average molecular weight is 385 g/mol. The van der Waals surface area contributed by atoms with Crippen LogP contribution in [0.3, 0.4) is 0 Å². The van der Waals surface area contributed by atoms with Gasteiger partial charge in [-0.3, -0.25) is 14.5 Å². The molecule has 1 aromatic carbocycles. The standard InChI is InChI=1S/C19H26F3N3O2/c1-18(2,3)24-17(27)13-6-5-9-25(11-13)12-16(26)23-15-8-4-7-14(10-15)19(20,21)22/h4,7-8,10,13H,5-6,9,11-12H2,1-3H3,(H,23,26)(H,24,27). The van der Waals surface area contributed by atoms with Gasteiger partial charge in [-0.2, -0.15) is 13.2 Å². The summed E-state index contributed by atoms with van der Waals surface area (Å²) in [5.41, 5.74) is -1.02. The fourth-order valence-electron chi connectivity index (χ4n) is 3.06. The number of halogens is 3. The topological polar surface area (TPSA) is 61.4 Å².